The minimum absolute atomic E-state index is 0.0310. The zero-order chi connectivity index (χ0) is 27.7. The van der Waals surface area contributed by atoms with E-state index in [4.69, 9.17) is 27.9 Å². The van der Waals surface area contributed by atoms with Gasteiger partial charge < -0.3 is 4.74 Å². The number of carbonyl (C=O) groups excluding carboxylic acids is 3. The van der Waals surface area contributed by atoms with Gasteiger partial charge in [0.15, 0.2) is 0 Å². The molecule has 1 fully saturated rings. The summed E-state index contributed by atoms with van der Waals surface area (Å²) in [7, 11) is 0. The molecule has 1 saturated heterocycles. The second-order valence-corrected chi connectivity index (χ2v) is 8.61. The van der Waals surface area contributed by atoms with E-state index in [0.717, 1.165) is 23.1 Å². The summed E-state index contributed by atoms with van der Waals surface area (Å²) in [6, 6.07) is 10.6. The van der Waals surface area contributed by atoms with E-state index in [0.29, 0.717) is 10.6 Å². The van der Waals surface area contributed by atoms with Crippen molar-refractivity contribution in [3.05, 3.63) is 102 Å². The Bertz CT molecular complexity index is 1590. The van der Waals surface area contributed by atoms with E-state index in [2.05, 4.69) is 5.32 Å². The molecule has 3 aromatic rings. The van der Waals surface area contributed by atoms with Gasteiger partial charge >= 0.3 is 11.7 Å². The number of urea groups is 1. The third kappa shape index (κ3) is 5.03. The van der Waals surface area contributed by atoms with Crippen LogP contribution in [0, 0.1) is 27.2 Å². The number of nitro groups is 2. The lowest BCUT2D eigenvalue weighted by atomic mass is 10.1. The topological polar surface area (TPSA) is 162 Å². The number of imide groups is 2. The standard InChI is InChI=1S/C24H14Cl2N4O8/c1-12-16(25)3-2-4-18(12)28-23(32)15(22(31)27-24(28)33)9-13-5-7-20(17(26)10-13)38-21-8-6-14(29(34)35)11-19(21)30(36)37/h2-11H,1H3,(H,27,31,33)/b15-9+. The Morgan fingerprint density at radius 3 is 2.29 bits per heavy atom. The Hall–Kier alpha value is -4.81. The molecule has 1 aliphatic heterocycles. The number of nitro benzene ring substituents is 2. The van der Waals surface area contributed by atoms with Crippen LogP contribution in [0.3, 0.4) is 0 Å². The van der Waals surface area contributed by atoms with Gasteiger partial charge in [-0.25, -0.2) is 9.69 Å². The van der Waals surface area contributed by atoms with Gasteiger partial charge in [0.1, 0.15) is 11.3 Å². The lowest BCUT2D eigenvalue weighted by Crippen LogP contribution is -2.54. The summed E-state index contributed by atoms with van der Waals surface area (Å²) >= 11 is 12.4. The Morgan fingerprint density at radius 1 is 0.921 bits per heavy atom. The van der Waals surface area contributed by atoms with E-state index in [9.17, 15) is 34.6 Å². The first-order chi connectivity index (χ1) is 18.0. The highest BCUT2D eigenvalue weighted by Gasteiger charge is 2.37. The van der Waals surface area contributed by atoms with E-state index in [-0.39, 0.29) is 33.3 Å². The molecule has 0 aromatic heterocycles. The first-order valence-electron chi connectivity index (χ1n) is 10.5. The third-order valence-corrected chi connectivity index (χ3v) is 6.12. The fourth-order valence-corrected chi connectivity index (χ4v) is 3.93. The fourth-order valence-electron chi connectivity index (χ4n) is 3.54. The van der Waals surface area contributed by atoms with Crippen molar-refractivity contribution in [1.82, 2.24) is 5.32 Å². The minimum Gasteiger partial charge on any atom is -0.449 e. The van der Waals surface area contributed by atoms with E-state index in [1.54, 1.807) is 19.1 Å². The Kier molecular flexibility index (Phi) is 7.10. The van der Waals surface area contributed by atoms with Gasteiger partial charge in [-0.05, 0) is 54.5 Å². The number of benzene rings is 3. The van der Waals surface area contributed by atoms with E-state index in [1.165, 1.54) is 30.3 Å². The SMILES string of the molecule is Cc1c(Cl)cccc1N1C(=O)NC(=O)/C(=C\c2ccc(Oc3ccc([N+](=O)[O-])cc3[N+](=O)[O-])c(Cl)c2)C1=O. The second kappa shape index (κ2) is 10.3. The van der Waals surface area contributed by atoms with Gasteiger partial charge in [0, 0.05) is 11.1 Å². The van der Waals surface area contributed by atoms with Gasteiger partial charge in [-0.1, -0.05) is 35.3 Å². The van der Waals surface area contributed by atoms with Crippen LogP contribution < -0.4 is 15.0 Å². The molecule has 0 radical (unpaired) electrons. The van der Waals surface area contributed by atoms with Gasteiger partial charge in [-0.2, -0.15) is 0 Å². The number of carbonyl (C=O) groups is 3. The summed E-state index contributed by atoms with van der Waals surface area (Å²) in [4.78, 5) is 59.6. The quantitative estimate of drug-likeness (QED) is 0.178. The summed E-state index contributed by atoms with van der Waals surface area (Å²) in [6.45, 7) is 1.62. The van der Waals surface area contributed by atoms with Crippen LogP contribution in [0.1, 0.15) is 11.1 Å². The van der Waals surface area contributed by atoms with E-state index >= 15 is 0 Å². The number of barbiturate groups is 1. The Morgan fingerprint density at radius 2 is 1.63 bits per heavy atom. The van der Waals surface area contributed by atoms with Crippen molar-refractivity contribution in [3.63, 3.8) is 0 Å². The summed E-state index contributed by atoms with van der Waals surface area (Å²) in [5.74, 6) is -2.13. The zero-order valence-electron chi connectivity index (χ0n) is 19.1. The largest absolute Gasteiger partial charge is 0.449 e. The van der Waals surface area contributed by atoms with Crippen LogP contribution in [0.4, 0.5) is 21.9 Å². The van der Waals surface area contributed by atoms with Crippen molar-refractivity contribution >= 4 is 64.2 Å². The molecular weight excluding hydrogens is 543 g/mol. The van der Waals surface area contributed by atoms with Crippen molar-refractivity contribution in [1.29, 1.82) is 0 Å². The average molecular weight is 557 g/mol. The number of ether oxygens (including phenoxy) is 1. The number of hydrogen-bond donors (Lipinski definition) is 1. The van der Waals surface area contributed by atoms with Crippen LogP contribution >= 0.6 is 23.2 Å². The van der Waals surface area contributed by atoms with Crippen LogP contribution in [-0.4, -0.2) is 27.7 Å². The molecule has 3 aromatic carbocycles. The molecule has 1 aliphatic rings. The first-order valence-corrected chi connectivity index (χ1v) is 11.3. The van der Waals surface area contributed by atoms with Crippen molar-refractivity contribution in [2.75, 3.05) is 4.90 Å². The van der Waals surface area contributed by atoms with Gasteiger partial charge in [-0.3, -0.25) is 35.1 Å². The maximum absolute atomic E-state index is 13.1. The second-order valence-electron chi connectivity index (χ2n) is 7.80. The molecule has 4 amide bonds. The number of halogens is 2. The molecule has 0 spiro atoms. The highest BCUT2D eigenvalue weighted by atomic mass is 35.5. The Labute approximate surface area is 223 Å². The predicted molar refractivity (Wildman–Crippen MR) is 136 cm³/mol. The fraction of sp³-hybridized carbons (Fsp3) is 0.0417. The van der Waals surface area contributed by atoms with Crippen LogP contribution in [0.25, 0.3) is 6.08 Å². The number of nitrogens with one attached hydrogen (secondary N) is 1. The number of hydrogen-bond acceptors (Lipinski definition) is 8. The van der Waals surface area contributed by atoms with Crippen molar-refractivity contribution in [2.24, 2.45) is 0 Å². The first kappa shape index (κ1) is 26.3. The van der Waals surface area contributed by atoms with Gasteiger partial charge in [0.25, 0.3) is 17.5 Å². The predicted octanol–water partition coefficient (Wildman–Crippen LogP) is 5.58. The molecule has 1 heterocycles. The summed E-state index contributed by atoms with van der Waals surface area (Å²) in [5, 5.41) is 24.7. The van der Waals surface area contributed by atoms with Crippen LogP contribution in [0.2, 0.25) is 10.0 Å². The minimum atomic E-state index is -0.936. The molecule has 0 saturated carbocycles. The summed E-state index contributed by atoms with van der Waals surface area (Å²) in [6.07, 6.45) is 1.21. The number of rotatable bonds is 6. The number of nitrogens with zero attached hydrogens (tertiary/aromatic N) is 3. The normalized spacial score (nSPS) is 14.4. The van der Waals surface area contributed by atoms with Gasteiger partial charge in [0.2, 0.25) is 5.75 Å². The molecule has 0 atom stereocenters. The molecule has 1 N–H and O–H groups in total. The number of non-ortho nitro benzene ring substituents is 1. The molecular formula is C24H14Cl2N4O8. The Balaban J connectivity index is 1.65. The van der Waals surface area contributed by atoms with Crippen LogP contribution in [0.5, 0.6) is 11.5 Å². The van der Waals surface area contributed by atoms with E-state index < -0.39 is 39.1 Å². The summed E-state index contributed by atoms with van der Waals surface area (Å²) < 4.78 is 5.51. The molecule has 12 nitrogen and oxygen atoms in total. The van der Waals surface area contributed by atoms with Crippen LogP contribution in [0.15, 0.2) is 60.2 Å². The van der Waals surface area contributed by atoms with Gasteiger partial charge in [0.05, 0.1) is 26.6 Å². The number of anilines is 1. The maximum atomic E-state index is 13.1. The molecule has 14 heteroatoms. The lowest BCUT2D eigenvalue weighted by Gasteiger charge is -2.27. The molecule has 192 valence electrons. The molecule has 38 heavy (non-hydrogen) atoms. The average Bonchev–Trinajstić information content (AvgIpc) is 2.85. The van der Waals surface area contributed by atoms with Crippen molar-refractivity contribution in [2.45, 2.75) is 6.92 Å². The lowest BCUT2D eigenvalue weighted by molar-refractivity contribution is -0.394. The molecule has 0 aliphatic carbocycles. The van der Waals surface area contributed by atoms with Crippen molar-refractivity contribution in [3.8, 4) is 11.5 Å². The monoisotopic (exact) mass is 556 g/mol. The highest BCUT2D eigenvalue weighted by molar-refractivity contribution is 6.40. The maximum Gasteiger partial charge on any atom is 0.335 e. The molecule has 0 bridgehead atoms. The smallest absolute Gasteiger partial charge is 0.335 e. The van der Waals surface area contributed by atoms with Crippen molar-refractivity contribution < 1.29 is 29.0 Å². The zero-order valence-corrected chi connectivity index (χ0v) is 20.6. The third-order valence-electron chi connectivity index (χ3n) is 5.42. The molecule has 4 rings (SSSR count). The highest BCUT2D eigenvalue weighted by Crippen LogP contribution is 2.37. The number of amides is 4. The summed E-state index contributed by atoms with van der Waals surface area (Å²) in [5.41, 5.74) is -0.572. The van der Waals surface area contributed by atoms with E-state index in [1.807, 2.05) is 0 Å². The van der Waals surface area contributed by atoms with Crippen LogP contribution in [-0.2, 0) is 9.59 Å². The molecule has 0 unspecified atom stereocenters. The van der Waals surface area contributed by atoms with Gasteiger partial charge in [-0.15, -0.1) is 0 Å².